The van der Waals surface area contributed by atoms with E-state index >= 15 is 4.39 Å². The molecular weight excluding hydrogens is 402 g/mol. The van der Waals surface area contributed by atoms with Gasteiger partial charge in [0.1, 0.15) is 5.82 Å². The summed E-state index contributed by atoms with van der Waals surface area (Å²) in [4.78, 5) is 14.2. The number of likely N-dealkylation sites (tertiary alicyclic amines) is 1. The molecule has 1 spiro atoms. The summed E-state index contributed by atoms with van der Waals surface area (Å²) in [5.74, 6) is -2.17. The molecule has 1 saturated heterocycles. The second kappa shape index (κ2) is 7.88. The van der Waals surface area contributed by atoms with Crippen molar-refractivity contribution in [3.8, 4) is 16.9 Å². The zero-order valence-electron chi connectivity index (χ0n) is 17.5. The van der Waals surface area contributed by atoms with E-state index in [1.807, 2.05) is 0 Å². The van der Waals surface area contributed by atoms with E-state index in [0.717, 1.165) is 25.9 Å². The van der Waals surface area contributed by atoms with Gasteiger partial charge in [-0.15, -0.1) is 0 Å². The molecule has 1 aliphatic carbocycles. The average Bonchev–Trinajstić information content (AvgIpc) is 2.74. The quantitative estimate of drug-likeness (QED) is 0.794. The third kappa shape index (κ3) is 3.70. The van der Waals surface area contributed by atoms with Crippen LogP contribution >= 0.6 is 0 Å². The maximum absolute atomic E-state index is 15.0. The summed E-state index contributed by atoms with van der Waals surface area (Å²) in [6.07, 6.45) is 5.27. The first-order chi connectivity index (χ1) is 15.0. The highest BCUT2D eigenvalue weighted by molar-refractivity contribution is 5.94. The minimum atomic E-state index is -0.767. The van der Waals surface area contributed by atoms with Gasteiger partial charge in [0.2, 0.25) is 5.79 Å². The Morgan fingerprint density at radius 3 is 2.48 bits per heavy atom. The van der Waals surface area contributed by atoms with Gasteiger partial charge < -0.3 is 14.8 Å². The molecule has 1 amide bonds. The summed E-state index contributed by atoms with van der Waals surface area (Å²) >= 11 is 0. The molecular formula is C24H26F2N2O3. The fourth-order valence-corrected chi connectivity index (χ4v) is 4.70. The Bertz CT molecular complexity index is 1010. The molecule has 31 heavy (non-hydrogen) atoms. The average molecular weight is 428 g/mol. The third-order valence-corrected chi connectivity index (χ3v) is 6.82. The Balaban J connectivity index is 1.36. The van der Waals surface area contributed by atoms with Crippen LogP contribution in [0.5, 0.6) is 5.75 Å². The number of carbonyl (C=O) groups excluding carboxylic acids is 1. The summed E-state index contributed by atoms with van der Waals surface area (Å²) in [6.45, 7) is 2.05. The van der Waals surface area contributed by atoms with Gasteiger partial charge in [-0.25, -0.2) is 8.78 Å². The fourth-order valence-electron chi connectivity index (χ4n) is 4.70. The third-order valence-electron chi connectivity index (χ3n) is 6.82. The highest BCUT2D eigenvalue weighted by Gasteiger charge is 2.43. The Morgan fingerprint density at radius 1 is 1.10 bits per heavy atom. The number of nitrogens with zero attached hydrogens (tertiary/aromatic N) is 1. The van der Waals surface area contributed by atoms with Crippen molar-refractivity contribution in [1.82, 2.24) is 10.2 Å². The van der Waals surface area contributed by atoms with E-state index in [1.165, 1.54) is 44.5 Å². The summed E-state index contributed by atoms with van der Waals surface area (Å²) in [5, 5.41) is 2.40. The van der Waals surface area contributed by atoms with Crippen LogP contribution < -0.4 is 10.1 Å². The Kier molecular flexibility index (Phi) is 5.18. The van der Waals surface area contributed by atoms with Crippen molar-refractivity contribution < 1.29 is 23.0 Å². The van der Waals surface area contributed by atoms with Gasteiger partial charge in [0, 0.05) is 44.6 Å². The van der Waals surface area contributed by atoms with Gasteiger partial charge >= 0.3 is 0 Å². The SMILES string of the molecule is CNC(=O)c1ccc(-c2cc(F)c3c(c2)COC2(CCN(C4CCC4)CC2)O3)cc1F. The standard InChI is InChI=1S/C24H26F2N2O3/c1-27-23(29)19-6-5-15(12-20(19)25)16-11-17-14-30-24(31-22(17)21(26)13-16)7-9-28(10-8-24)18-3-2-4-18/h5-6,11-13,18H,2-4,7-10,14H2,1H3,(H,27,29). The topological polar surface area (TPSA) is 50.8 Å². The highest BCUT2D eigenvalue weighted by Crippen LogP contribution is 2.42. The van der Waals surface area contributed by atoms with Crippen LogP contribution in [0.4, 0.5) is 8.78 Å². The van der Waals surface area contributed by atoms with E-state index in [1.54, 1.807) is 12.1 Å². The number of hydrogen-bond acceptors (Lipinski definition) is 4. The number of hydrogen-bond donors (Lipinski definition) is 1. The van der Waals surface area contributed by atoms with Crippen molar-refractivity contribution in [2.45, 2.75) is 50.5 Å². The maximum Gasteiger partial charge on any atom is 0.253 e. The van der Waals surface area contributed by atoms with Gasteiger partial charge in [-0.3, -0.25) is 9.69 Å². The number of benzene rings is 2. The van der Waals surface area contributed by atoms with Gasteiger partial charge in [0.15, 0.2) is 11.6 Å². The molecule has 0 radical (unpaired) electrons. The lowest BCUT2D eigenvalue weighted by Crippen LogP contribution is -2.54. The van der Waals surface area contributed by atoms with Crippen molar-refractivity contribution in [1.29, 1.82) is 0 Å². The molecule has 1 saturated carbocycles. The first-order valence-corrected chi connectivity index (χ1v) is 10.9. The van der Waals surface area contributed by atoms with Crippen LogP contribution in [0.15, 0.2) is 30.3 Å². The van der Waals surface area contributed by atoms with E-state index in [4.69, 9.17) is 9.47 Å². The lowest BCUT2D eigenvalue weighted by Gasteiger charge is -2.47. The first-order valence-electron chi connectivity index (χ1n) is 10.9. The Morgan fingerprint density at radius 2 is 1.84 bits per heavy atom. The minimum Gasteiger partial charge on any atom is -0.459 e. The van der Waals surface area contributed by atoms with Crippen LogP contribution in [0.3, 0.4) is 0 Å². The largest absolute Gasteiger partial charge is 0.459 e. The summed E-state index contributed by atoms with van der Waals surface area (Å²) < 4.78 is 41.6. The summed E-state index contributed by atoms with van der Waals surface area (Å²) in [7, 11) is 1.44. The Hall–Kier alpha value is -2.51. The van der Waals surface area contributed by atoms with Gasteiger partial charge in [-0.05, 0) is 48.2 Å². The zero-order chi connectivity index (χ0) is 21.6. The van der Waals surface area contributed by atoms with Crippen molar-refractivity contribution in [3.63, 3.8) is 0 Å². The first kappa shape index (κ1) is 20.4. The molecule has 2 fully saturated rings. The van der Waals surface area contributed by atoms with Gasteiger partial charge in [-0.2, -0.15) is 0 Å². The number of halogens is 2. The molecule has 2 aromatic rings. The van der Waals surface area contributed by atoms with E-state index < -0.39 is 23.3 Å². The lowest BCUT2D eigenvalue weighted by atomic mass is 9.89. The van der Waals surface area contributed by atoms with E-state index in [0.29, 0.717) is 22.7 Å². The molecule has 3 aliphatic rings. The van der Waals surface area contributed by atoms with Crippen LogP contribution in [0.25, 0.3) is 11.1 Å². The predicted molar refractivity (Wildman–Crippen MR) is 112 cm³/mol. The molecule has 0 unspecified atom stereocenters. The fraction of sp³-hybridized carbons (Fsp3) is 0.458. The predicted octanol–water partition coefficient (Wildman–Crippen LogP) is 4.25. The summed E-state index contributed by atoms with van der Waals surface area (Å²) in [5.41, 5.74) is 1.56. The van der Waals surface area contributed by atoms with Gasteiger partial charge in [0.25, 0.3) is 5.91 Å². The number of fused-ring (bicyclic) bond motifs is 1. The normalized spacial score (nSPS) is 20.6. The molecule has 2 aliphatic heterocycles. The van der Waals surface area contributed by atoms with Crippen molar-refractivity contribution in [2.75, 3.05) is 20.1 Å². The molecule has 164 valence electrons. The van der Waals surface area contributed by atoms with Crippen LogP contribution in [0.2, 0.25) is 0 Å². The van der Waals surface area contributed by atoms with Crippen LogP contribution in [-0.2, 0) is 11.3 Å². The molecule has 0 aromatic heterocycles. The monoisotopic (exact) mass is 428 g/mol. The van der Waals surface area contributed by atoms with Gasteiger partial charge in [0.05, 0.1) is 12.2 Å². The van der Waals surface area contributed by atoms with Gasteiger partial charge in [-0.1, -0.05) is 12.5 Å². The zero-order valence-corrected chi connectivity index (χ0v) is 17.5. The lowest BCUT2D eigenvalue weighted by molar-refractivity contribution is -0.232. The molecule has 1 N–H and O–H groups in total. The van der Waals surface area contributed by atoms with Crippen LogP contribution in [0.1, 0.15) is 48.0 Å². The van der Waals surface area contributed by atoms with Crippen molar-refractivity contribution in [3.05, 3.63) is 53.1 Å². The molecule has 5 nitrogen and oxygen atoms in total. The van der Waals surface area contributed by atoms with E-state index in [9.17, 15) is 9.18 Å². The maximum atomic E-state index is 15.0. The molecule has 0 bridgehead atoms. The molecule has 0 atom stereocenters. The van der Waals surface area contributed by atoms with E-state index in [2.05, 4.69) is 10.2 Å². The molecule has 2 heterocycles. The number of carbonyl (C=O) groups is 1. The minimum absolute atomic E-state index is 0.0495. The molecule has 2 aromatic carbocycles. The number of nitrogens with one attached hydrogen (secondary N) is 1. The number of ether oxygens (including phenoxy) is 2. The van der Waals surface area contributed by atoms with Crippen molar-refractivity contribution >= 4 is 5.91 Å². The summed E-state index contributed by atoms with van der Waals surface area (Å²) in [6, 6.07) is 8.06. The molecule has 7 heteroatoms. The smallest absolute Gasteiger partial charge is 0.253 e. The number of amides is 1. The second-order valence-corrected chi connectivity index (χ2v) is 8.64. The van der Waals surface area contributed by atoms with Crippen LogP contribution in [-0.4, -0.2) is 42.8 Å². The Labute approximate surface area is 180 Å². The van der Waals surface area contributed by atoms with Crippen LogP contribution in [0, 0.1) is 11.6 Å². The van der Waals surface area contributed by atoms with E-state index in [-0.39, 0.29) is 17.9 Å². The number of rotatable bonds is 3. The second-order valence-electron chi connectivity index (χ2n) is 8.64. The number of piperidine rings is 1. The molecule has 5 rings (SSSR count). The highest BCUT2D eigenvalue weighted by atomic mass is 19.1. The van der Waals surface area contributed by atoms with Crippen molar-refractivity contribution in [2.24, 2.45) is 0 Å².